The first-order valence-corrected chi connectivity index (χ1v) is 6.04. The predicted molar refractivity (Wildman–Crippen MR) is 63.6 cm³/mol. The average Bonchev–Trinajstić information content (AvgIpc) is 2.86. The molecule has 5 nitrogen and oxygen atoms in total. The monoisotopic (exact) mass is 254 g/mol. The first-order chi connectivity index (χ1) is 8.61. The SMILES string of the molecule is C#CC(C)OC(=O)CCC(=O)OCC1CCCO1. The van der Waals surface area contributed by atoms with Crippen molar-refractivity contribution in [1.29, 1.82) is 0 Å². The molecule has 0 bridgehead atoms. The Labute approximate surface area is 107 Å². The van der Waals surface area contributed by atoms with E-state index in [4.69, 9.17) is 20.6 Å². The fourth-order valence-corrected chi connectivity index (χ4v) is 1.53. The van der Waals surface area contributed by atoms with Gasteiger partial charge in [0, 0.05) is 6.61 Å². The summed E-state index contributed by atoms with van der Waals surface area (Å²) in [6.45, 7) is 2.57. The number of carbonyl (C=O) groups is 2. The van der Waals surface area contributed by atoms with Gasteiger partial charge in [-0.2, -0.15) is 0 Å². The number of ether oxygens (including phenoxy) is 3. The van der Waals surface area contributed by atoms with E-state index in [1.165, 1.54) is 0 Å². The van der Waals surface area contributed by atoms with Crippen LogP contribution in [-0.4, -0.2) is 37.4 Å². The Morgan fingerprint density at radius 3 is 2.78 bits per heavy atom. The molecule has 100 valence electrons. The van der Waals surface area contributed by atoms with E-state index in [-0.39, 0.29) is 25.6 Å². The molecule has 0 aromatic carbocycles. The Bertz CT molecular complexity index is 325. The van der Waals surface area contributed by atoms with Crippen molar-refractivity contribution in [3.05, 3.63) is 0 Å². The van der Waals surface area contributed by atoms with Crippen molar-refractivity contribution in [2.45, 2.75) is 44.8 Å². The van der Waals surface area contributed by atoms with E-state index in [2.05, 4.69) is 5.92 Å². The zero-order valence-corrected chi connectivity index (χ0v) is 10.5. The Balaban J connectivity index is 2.09. The summed E-state index contributed by atoms with van der Waals surface area (Å²) in [5, 5.41) is 0. The molecule has 2 unspecified atom stereocenters. The maximum atomic E-state index is 11.3. The van der Waals surface area contributed by atoms with Crippen LogP contribution in [0.2, 0.25) is 0 Å². The third-order valence-electron chi connectivity index (χ3n) is 2.53. The third kappa shape index (κ3) is 5.69. The van der Waals surface area contributed by atoms with E-state index in [1.807, 2.05) is 0 Å². The molecule has 1 aliphatic rings. The molecule has 1 heterocycles. The second-order valence-corrected chi connectivity index (χ2v) is 4.12. The summed E-state index contributed by atoms with van der Waals surface area (Å²) in [6.07, 6.45) is 6.39. The van der Waals surface area contributed by atoms with Gasteiger partial charge >= 0.3 is 11.9 Å². The standard InChI is InChI=1S/C13H18O5/c1-3-10(2)18-13(15)7-6-12(14)17-9-11-5-4-8-16-11/h1,10-11H,4-9H2,2H3. The van der Waals surface area contributed by atoms with Crippen molar-refractivity contribution >= 4 is 11.9 Å². The van der Waals surface area contributed by atoms with Crippen molar-refractivity contribution in [2.24, 2.45) is 0 Å². The van der Waals surface area contributed by atoms with E-state index < -0.39 is 18.0 Å². The summed E-state index contributed by atoms with van der Waals surface area (Å²) in [5.74, 6) is 1.36. The van der Waals surface area contributed by atoms with Gasteiger partial charge in [-0.05, 0) is 19.8 Å². The summed E-state index contributed by atoms with van der Waals surface area (Å²) < 4.78 is 15.1. The van der Waals surface area contributed by atoms with Gasteiger partial charge in [0.1, 0.15) is 6.61 Å². The fourth-order valence-electron chi connectivity index (χ4n) is 1.53. The highest BCUT2D eigenvalue weighted by Gasteiger charge is 2.18. The second-order valence-electron chi connectivity index (χ2n) is 4.12. The minimum Gasteiger partial charge on any atom is -0.463 e. The Hall–Kier alpha value is -1.54. The minimum atomic E-state index is -0.569. The summed E-state index contributed by atoms with van der Waals surface area (Å²) in [7, 11) is 0. The van der Waals surface area contributed by atoms with Crippen LogP contribution in [0.5, 0.6) is 0 Å². The summed E-state index contributed by atoms with van der Waals surface area (Å²) in [5.41, 5.74) is 0. The molecule has 0 aromatic heterocycles. The Morgan fingerprint density at radius 1 is 1.44 bits per heavy atom. The van der Waals surface area contributed by atoms with Gasteiger partial charge in [-0.3, -0.25) is 9.59 Å². The van der Waals surface area contributed by atoms with Crippen molar-refractivity contribution in [3.63, 3.8) is 0 Å². The van der Waals surface area contributed by atoms with Crippen molar-refractivity contribution < 1.29 is 23.8 Å². The summed E-state index contributed by atoms with van der Waals surface area (Å²) >= 11 is 0. The molecule has 1 rings (SSSR count). The van der Waals surface area contributed by atoms with Crippen LogP contribution in [0.1, 0.15) is 32.6 Å². The van der Waals surface area contributed by atoms with Crippen LogP contribution in [0.3, 0.4) is 0 Å². The van der Waals surface area contributed by atoms with Gasteiger partial charge in [-0.1, -0.05) is 5.92 Å². The van der Waals surface area contributed by atoms with Gasteiger partial charge < -0.3 is 14.2 Å². The van der Waals surface area contributed by atoms with Crippen molar-refractivity contribution in [2.75, 3.05) is 13.2 Å². The molecule has 0 saturated carbocycles. The highest BCUT2D eigenvalue weighted by Crippen LogP contribution is 2.12. The fraction of sp³-hybridized carbons (Fsp3) is 0.692. The van der Waals surface area contributed by atoms with Crippen LogP contribution in [0, 0.1) is 12.3 Å². The lowest BCUT2D eigenvalue weighted by molar-refractivity contribution is -0.153. The molecular weight excluding hydrogens is 236 g/mol. The third-order valence-corrected chi connectivity index (χ3v) is 2.53. The first kappa shape index (κ1) is 14.5. The molecule has 0 radical (unpaired) electrons. The number of carbonyl (C=O) groups excluding carboxylic acids is 2. The Kier molecular flexibility index (Phi) is 6.23. The van der Waals surface area contributed by atoms with Gasteiger partial charge in [-0.25, -0.2) is 0 Å². The largest absolute Gasteiger partial charge is 0.463 e. The molecule has 1 aliphatic heterocycles. The van der Waals surface area contributed by atoms with Gasteiger partial charge in [-0.15, -0.1) is 6.42 Å². The molecule has 1 fully saturated rings. The van der Waals surface area contributed by atoms with Crippen molar-refractivity contribution in [1.82, 2.24) is 0 Å². The van der Waals surface area contributed by atoms with Crippen molar-refractivity contribution in [3.8, 4) is 12.3 Å². The van der Waals surface area contributed by atoms with Crippen LogP contribution in [0.15, 0.2) is 0 Å². The highest BCUT2D eigenvalue weighted by molar-refractivity contribution is 5.77. The lowest BCUT2D eigenvalue weighted by Gasteiger charge is -2.10. The van der Waals surface area contributed by atoms with Gasteiger partial charge in [0.2, 0.25) is 0 Å². The smallest absolute Gasteiger partial charge is 0.307 e. The van der Waals surface area contributed by atoms with Crippen LogP contribution < -0.4 is 0 Å². The molecule has 0 N–H and O–H groups in total. The normalized spacial score (nSPS) is 19.9. The second kappa shape index (κ2) is 7.72. The molecule has 5 heteroatoms. The molecule has 0 aliphatic carbocycles. The zero-order valence-electron chi connectivity index (χ0n) is 10.5. The van der Waals surface area contributed by atoms with E-state index in [9.17, 15) is 9.59 Å². The molecular formula is C13H18O5. The van der Waals surface area contributed by atoms with Crippen LogP contribution in [-0.2, 0) is 23.8 Å². The lowest BCUT2D eigenvalue weighted by Crippen LogP contribution is -2.19. The topological polar surface area (TPSA) is 61.8 Å². The maximum absolute atomic E-state index is 11.3. The first-order valence-electron chi connectivity index (χ1n) is 6.04. The average molecular weight is 254 g/mol. The van der Waals surface area contributed by atoms with Crippen LogP contribution in [0.4, 0.5) is 0 Å². The van der Waals surface area contributed by atoms with E-state index in [1.54, 1.807) is 6.92 Å². The molecule has 18 heavy (non-hydrogen) atoms. The molecule has 0 spiro atoms. The molecule has 2 atom stereocenters. The van der Waals surface area contributed by atoms with Gasteiger partial charge in [0.15, 0.2) is 6.10 Å². The van der Waals surface area contributed by atoms with Crippen LogP contribution in [0.25, 0.3) is 0 Å². The number of hydrogen-bond acceptors (Lipinski definition) is 5. The maximum Gasteiger partial charge on any atom is 0.307 e. The number of esters is 2. The lowest BCUT2D eigenvalue weighted by atomic mass is 10.2. The molecule has 0 aromatic rings. The predicted octanol–water partition coefficient (Wildman–Crippen LogP) is 1.05. The number of terminal acetylenes is 1. The summed E-state index contributed by atoms with van der Waals surface area (Å²) in [6, 6.07) is 0. The molecule has 0 amide bonds. The zero-order chi connectivity index (χ0) is 13.4. The highest BCUT2D eigenvalue weighted by atomic mass is 16.6. The van der Waals surface area contributed by atoms with E-state index >= 15 is 0 Å². The minimum absolute atomic E-state index is 0.00219. The number of hydrogen-bond donors (Lipinski definition) is 0. The van der Waals surface area contributed by atoms with E-state index in [0.29, 0.717) is 0 Å². The summed E-state index contributed by atoms with van der Waals surface area (Å²) in [4.78, 5) is 22.6. The van der Waals surface area contributed by atoms with Gasteiger partial charge in [0.05, 0.1) is 18.9 Å². The molecule has 1 saturated heterocycles. The number of rotatable bonds is 6. The quantitative estimate of drug-likeness (QED) is 0.524. The van der Waals surface area contributed by atoms with E-state index in [0.717, 1.165) is 19.4 Å². The Morgan fingerprint density at radius 2 is 2.17 bits per heavy atom. The van der Waals surface area contributed by atoms with Gasteiger partial charge in [0.25, 0.3) is 0 Å². The van der Waals surface area contributed by atoms with Crippen LogP contribution >= 0.6 is 0 Å².